The van der Waals surface area contributed by atoms with E-state index in [-0.39, 0.29) is 22.2 Å². The van der Waals surface area contributed by atoms with Gasteiger partial charge in [0, 0.05) is 23.7 Å². The van der Waals surface area contributed by atoms with Crippen LogP contribution < -0.4 is 15.4 Å². The number of rotatable bonds is 6. The summed E-state index contributed by atoms with van der Waals surface area (Å²) in [6.45, 7) is 0. The first-order valence-corrected chi connectivity index (χ1v) is 12.2. The summed E-state index contributed by atoms with van der Waals surface area (Å²) in [6, 6.07) is 2.64. The molecule has 1 aromatic heterocycles. The third-order valence-electron chi connectivity index (χ3n) is 4.69. The van der Waals surface area contributed by atoms with Gasteiger partial charge in [-0.1, -0.05) is 24.4 Å². The number of carboxylic acid groups (broad SMARTS) is 1. The highest BCUT2D eigenvalue weighted by atomic mass is 35.5. The Balaban J connectivity index is 0.000000479. The van der Waals surface area contributed by atoms with Gasteiger partial charge in [0.1, 0.15) is 10.7 Å². The molecule has 1 aliphatic carbocycles. The van der Waals surface area contributed by atoms with E-state index in [0.29, 0.717) is 5.69 Å². The lowest BCUT2D eigenvalue weighted by atomic mass is 9.90. The van der Waals surface area contributed by atoms with E-state index in [0.717, 1.165) is 49.2 Å². The predicted octanol–water partition coefficient (Wildman–Crippen LogP) is 4.31. The number of nitrogens with zero attached hydrogens (tertiary/aromatic N) is 1. The van der Waals surface area contributed by atoms with E-state index < -0.39 is 32.9 Å². The number of nitrogens with one attached hydrogen (secondary N) is 3. The molecule has 0 unspecified atom stereocenters. The third-order valence-corrected chi connectivity index (χ3v) is 7.17. The Morgan fingerprint density at radius 1 is 1.24 bits per heavy atom. The lowest BCUT2D eigenvalue weighted by Gasteiger charge is -2.33. The number of aromatic nitrogens is 1. The molecular formula is C18H21ClF4N4O4S2. The van der Waals surface area contributed by atoms with E-state index in [2.05, 4.69) is 20.3 Å². The number of alkyl halides is 3. The molecule has 1 aromatic carbocycles. The van der Waals surface area contributed by atoms with Gasteiger partial charge in [0.25, 0.3) is 10.0 Å². The van der Waals surface area contributed by atoms with Crippen molar-refractivity contribution in [3.63, 3.8) is 0 Å². The molecule has 184 valence electrons. The average Bonchev–Trinajstić information content (AvgIpc) is 3.22. The molecule has 1 heterocycles. The Hall–Kier alpha value is -2.16. The maximum Gasteiger partial charge on any atom is 0.490 e. The smallest absolute Gasteiger partial charge is 0.475 e. The maximum absolute atomic E-state index is 14.5. The Morgan fingerprint density at radius 2 is 1.85 bits per heavy atom. The molecule has 0 bridgehead atoms. The largest absolute Gasteiger partial charge is 0.490 e. The number of likely N-dealkylation sites (N-methyl/N-ethyl adjacent to an activating group) is 1. The van der Waals surface area contributed by atoms with Crippen molar-refractivity contribution in [3.05, 3.63) is 34.5 Å². The van der Waals surface area contributed by atoms with Crippen LogP contribution in [0.5, 0.6) is 0 Å². The van der Waals surface area contributed by atoms with E-state index in [1.807, 2.05) is 7.05 Å². The molecule has 3 rings (SSSR count). The second-order valence-corrected chi connectivity index (χ2v) is 9.89. The summed E-state index contributed by atoms with van der Waals surface area (Å²) >= 11 is 7.35. The lowest BCUT2D eigenvalue weighted by Crippen LogP contribution is -2.44. The van der Waals surface area contributed by atoms with Crippen LogP contribution in [-0.4, -0.2) is 49.8 Å². The minimum Gasteiger partial charge on any atom is -0.475 e. The fourth-order valence-corrected chi connectivity index (χ4v) is 5.30. The quantitative estimate of drug-likeness (QED) is 0.409. The van der Waals surface area contributed by atoms with Crippen molar-refractivity contribution in [2.24, 2.45) is 0 Å². The standard InChI is InChI=1S/C16H20ClFN4O2S2.C2HF3O2/c1-19-12-4-2-3-5-13(12)21-14-9-11(18)15(8-10(14)17)26(23,24)22-16-20-6-7-25-16;3-2(4,5)1(6)7/h6-9,12-13,19,21H,2-5H2,1H3,(H,20,22);(H,6,7)/t12-,13-;/m0./s1. The number of hydrogen-bond donors (Lipinski definition) is 4. The summed E-state index contributed by atoms with van der Waals surface area (Å²) in [4.78, 5) is 12.2. The molecule has 8 nitrogen and oxygen atoms in total. The predicted molar refractivity (Wildman–Crippen MR) is 117 cm³/mol. The van der Waals surface area contributed by atoms with Crippen LogP contribution in [0.25, 0.3) is 0 Å². The normalized spacial score (nSPS) is 18.7. The molecule has 0 spiro atoms. The van der Waals surface area contributed by atoms with E-state index in [1.165, 1.54) is 6.20 Å². The van der Waals surface area contributed by atoms with Gasteiger partial charge in [0.15, 0.2) is 5.13 Å². The molecule has 1 saturated carbocycles. The second kappa shape index (κ2) is 11.3. The van der Waals surface area contributed by atoms with Crippen molar-refractivity contribution in [2.45, 2.75) is 48.8 Å². The van der Waals surface area contributed by atoms with E-state index >= 15 is 0 Å². The number of thiazole rings is 1. The fraction of sp³-hybridized carbons (Fsp3) is 0.444. The first-order chi connectivity index (χ1) is 15.3. The topological polar surface area (TPSA) is 120 Å². The summed E-state index contributed by atoms with van der Waals surface area (Å²) in [7, 11) is -2.21. The van der Waals surface area contributed by atoms with E-state index in [9.17, 15) is 26.0 Å². The minimum absolute atomic E-state index is 0.113. The van der Waals surface area contributed by atoms with Crippen LogP contribution in [0, 0.1) is 5.82 Å². The summed E-state index contributed by atoms with van der Waals surface area (Å²) in [6.07, 6.45) is 0.570. The molecule has 2 aromatic rings. The SMILES string of the molecule is CN[C@H]1CCCC[C@@H]1Nc1cc(F)c(S(=O)(=O)Nc2nccs2)cc1Cl.O=C(O)C(F)(F)F. The fourth-order valence-electron chi connectivity index (χ4n) is 3.14. The Bertz CT molecular complexity index is 1050. The number of aliphatic carboxylic acids is 1. The highest BCUT2D eigenvalue weighted by Crippen LogP contribution is 2.32. The van der Waals surface area contributed by atoms with E-state index in [1.54, 1.807) is 5.38 Å². The highest BCUT2D eigenvalue weighted by molar-refractivity contribution is 7.93. The van der Waals surface area contributed by atoms with Crippen LogP contribution in [0.4, 0.5) is 28.4 Å². The molecule has 1 fully saturated rings. The molecule has 0 saturated heterocycles. The number of benzene rings is 1. The maximum atomic E-state index is 14.5. The van der Waals surface area contributed by atoms with Crippen molar-refractivity contribution in [3.8, 4) is 0 Å². The van der Waals surface area contributed by atoms with Gasteiger partial charge in [-0.2, -0.15) is 13.2 Å². The van der Waals surface area contributed by atoms with Gasteiger partial charge in [-0.05, 0) is 32.0 Å². The van der Waals surface area contributed by atoms with Crippen molar-refractivity contribution in [2.75, 3.05) is 17.1 Å². The van der Waals surface area contributed by atoms with Crippen LogP contribution in [0.1, 0.15) is 25.7 Å². The first-order valence-electron chi connectivity index (χ1n) is 9.50. The molecule has 0 aliphatic heterocycles. The zero-order valence-electron chi connectivity index (χ0n) is 17.1. The Morgan fingerprint density at radius 3 is 2.36 bits per heavy atom. The number of carbonyl (C=O) groups is 1. The zero-order valence-corrected chi connectivity index (χ0v) is 19.5. The third kappa shape index (κ3) is 7.69. The number of sulfonamides is 1. The molecule has 2 atom stereocenters. The average molecular weight is 533 g/mol. The van der Waals surface area contributed by atoms with Gasteiger partial charge >= 0.3 is 12.1 Å². The molecule has 1 aliphatic rings. The Labute approximate surface area is 196 Å². The number of carboxylic acids is 1. The first kappa shape index (κ1) is 27.1. The molecule has 15 heteroatoms. The van der Waals surface area contributed by atoms with Gasteiger partial charge in [-0.3, -0.25) is 4.72 Å². The minimum atomic E-state index is -5.08. The monoisotopic (exact) mass is 532 g/mol. The second-order valence-electron chi connectivity index (χ2n) is 6.94. The van der Waals surface area contributed by atoms with Crippen LogP contribution in [0.15, 0.2) is 28.6 Å². The Kier molecular flexibility index (Phi) is 9.29. The van der Waals surface area contributed by atoms with Crippen LogP contribution in [-0.2, 0) is 14.8 Å². The number of halogens is 5. The van der Waals surface area contributed by atoms with Crippen molar-refractivity contribution in [1.29, 1.82) is 0 Å². The van der Waals surface area contributed by atoms with Crippen LogP contribution >= 0.6 is 22.9 Å². The van der Waals surface area contributed by atoms with Gasteiger partial charge in [-0.15, -0.1) is 11.3 Å². The van der Waals surface area contributed by atoms with Gasteiger partial charge < -0.3 is 15.7 Å². The molecule has 4 N–H and O–H groups in total. The van der Waals surface area contributed by atoms with Gasteiger partial charge in [-0.25, -0.2) is 22.6 Å². The number of anilines is 2. The van der Waals surface area contributed by atoms with Crippen molar-refractivity contribution >= 4 is 49.7 Å². The van der Waals surface area contributed by atoms with Gasteiger partial charge in [0.2, 0.25) is 0 Å². The summed E-state index contributed by atoms with van der Waals surface area (Å²) in [5.74, 6) is -3.62. The van der Waals surface area contributed by atoms with Crippen molar-refractivity contribution < 1.29 is 35.9 Å². The summed E-state index contributed by atoms with van der Waals surface area (Å²) < 4.78 is 73.3. The van der Waals surface area contributed by atoms with E-state index in [4.69, 9.17) is 21.5 Å². The molecular weight excluding hydrogens is 512 g/mol. The summed E-state index contributed by atoms with van der Waals surface area (Å²) in [5, 5.41) is 15.6. The van der Waals surface area contributed by atoms with Crippen LogP contribution in [0.3, 0.4) is 0 Å². The van der Waals surface area contributed by atoms with Gasteiger partial charge in [0.05, 0.1) is 10.7 Å². The highest BCUT2D eigenvalue weighted by Gasteiger charge is 2.38. The van der Waals surface area contributed by atoms with Crippen LogP contribution in [0.2, 0.25) is 5.02 Å². The zero-order chi connectivity index (χ0) is 24.8. The molecule has 0 radical (unpaired) electrons. The summed E-state index contributed by atoms with van der Waals surface area (Å²) in [5.41, 5.74) is 0.393. The lowest BCUT2D eigenvalue weighted by molar-refractivity contribution is -0.192. The molecule has 0 amide bonds. The molecule has 33 heavy (non-hydrogen) atoms. The number of hydrogen-bond acceptors (Lipinski definition) is 7. The van der Waals surface area contributed by atoms with Crippen molar-refractivity contribution in [1.82, 2.24) is 10.3 Å².